The lowest BCUT2D eigenvalue weighted by atomic mass is 10.2. The van der Waals surface area contributed by atoms with Crippen LogP contribution in [0.5, 0.6) is 0 Å². The van der Waals surface area contributed by atoms with Crippen LogP contribution in [0.2, 0.25) is 0 Å². The fourth-order valence-electron chi connectivity index (χ4n) is 1.90. The first-order valence-electron chi connectivity index (χ1n) is 5.81. The number of amides is 1. The molecule has 88 valence electrons. The van der Waals surface area contributed by atoms with Gasteiger partial charge in [-0.05, 0) is 27.2 Å². The predicted octanol–water partition coefficient (Wildman–Crippen LogP) is 0.622. The molecule has 0 aromatic heterocycles. The van der Waals surface area contributed by atoms with E-state index in [0.29, 0.717) is 6.04 Å². The molecule has 0 aromatic carbocycles. The molecule has 1 heterocycles. The third-order valence-electron chi connectivity index (χ3n) is 2.86. The molecule has 4 heteroatoms. The van der Waals surface area contributed by atoms with Crippen LogP contribution in [-0.2, 0) is 9.53 Å². The summed E-state index contributed by atoms with van der Waals surface area (Å²) in [5.41, 5.74) is 0. The second-order valence-corrected chi connectivity index (χ2v) is 3.96. The van der Waals surface area contributed by atoms with Crippen molar-refractivity contribution in [1.29, 1.82) is 0 Å². The van der Waals surface area contributed by atoms with Crippen LogP contribution < -0.4 is 5.32 Å². The molecule has 1 aliphatic rings. The maximum Gasteiger partial charge on any atom is 0.239 e. The molecule has 2 atom stereocenters. The number of nitrogens with one attached hydrogen (secondary N) is 1. The number of nitrogens with zero attached hydrogens (tertiary/aromatic N) is 1. The fraction of sp³-hybridized carbons (Fsp3) is 0.909. The van der Waals surface area contributed by atoms with Crippen LogP contribution in [0, 0.1) is 0 Å². The molecule has 1 rings (SSSR count). The fourth-order valence-corrected chi connectivity index (χ4v) is 1.90. The highest BCUT2D eigenvalue weighted by Crippen LogP contribution is 2.05. The number of likely N-dealkylation sites (N-methyl/N-ethyl adjacent to an activating group) is 1. The van der Waals surface area contributed by atoms with Gasteiger partial charge >= 0.3 is 0 Å². The first kappa shape index (κ1) is 12.5. The van der Waals surface area contributed by atoms with E-state index in [9.17, 15) is 4.79 Å². The van der Waals surface area contributed by atoms with Crippen molar-refractivity contribution in [3.05, 3.63) is 0 Å². The third-order valence-corrected chi connectivity index (χ3v) is 2.86. The van der Waals surface area contributed by atoms with Crippen molar-refractivity contribution in [3.8, 4) is 0 Å². The summed E-state index contributed by atoms with van der Waals surface area (Å²) in [5.74, 6) is 0.187. The normalized spacial score (nSPS) is 22.7. The van der Waals surface area contributed by atoms with Gasteiger partial charge in [0.15, 0.2) is 0 Å². The van der Waals surface area contributed by atoms with E-state index in [4.69, 9.17) is 4.74 Å². The Hall–Kier alpha value is -0.610. The topological polar surface area (TPSA) is 41.6 Å². The predicted molar refractivity (Wildman–Crippen MR) is 59.7 cm³/mol. The molecule has 0 aromatic rings. The molecule has 0 spiro atoms. The van der Waals surface area contributed by atoms with Crippen LogP contribution in [0.4, 0.5) is 0 Å². The lowest BCUT2D eigenvalue weighted by molar-refractivity contribution is -0.132. The summed E-state index contributed by atoms with van der Waals surface area (Å²) in [6.45, 7) is 9.04. The van der Waals surface area contributed by atoms with E-state index >= 15 is 0 Å². The van der Waals surface area contributed by atoms with E-state index in [1.54, 1.807) is 0 Å². The van der Waals surface area contributed by atoms with Crippen molar-refractivity contribution in [3.63, 3.8) is 0 Å². The second-order valence-electron chi connectivity index (χ2n) is 3.96. The lowest BCUT2D eigenvalue weighted by Gasteiger charge is -2.25. The summed E-state index contributed by atoms with van der Waals surface area (Å²) in [5, 5.41) is 3.31. The molecule has 15 heavy (non-hydrogen) atoms. The first-order chi connectivity index (χ1) is 7.19. The van der Waals surface area contributed by atoms with Crippen molar-refractivity contribution >= 4 is 5.91 Å². The molecule has 1 N–H and O–H groups in total. The van der Waals surface area contributed by atoms with Gasteiger partial charge in [-0.3, -0.25) is 4.79 Å². The van der Waals surface area contributed by atoms with Crippen molar-refractivity contribution in [1.82, 2.24) is 10.2 Å². The molecule has 4 nitrogen and oxygen atoms in total. The summed E-state index contributed by atoms with van der Waals surface area (Å²) in [6.07, 6.45) is 1.01. The van der Waals surface area contributed by atoms with Crippen molar-refractivity contribution < 1.29 is 9.53 Å². The Kier molecular flexibility index (Phi) is 5.05. The Morgan fingerprint density at radius 2 is 2.20 bits per heavy atom. The zero-order chi connectivity index (χ0) is 11.3. The van der Waals surface area contributed by atoms with Gasteiger partial charge in [-0.15, -0.1) is 0 Å². The standard InChI is InChI=1S/C11H22N2O2/c1-4-13(5-2)11(14)9(3)12-10-6-7-15-8-10/h9-10,12H,4-8H2,1-3H3. The van der Waals surface area contributed by atoms with Gasteiger partial charge in [-0.1, -0.05) is 0 Å². The first-order valence-corrected chi connectivity index (χ1v) is 5.81. The number of rotatable bonds is 5. The van der Waals surface area contributed by atoms with Crippen LogP contribution in [0.1, 0.15) is 27.2 Å². The molecule has 0 radical (unpaired) electrons. The highest BCUT2D eigenvalue weighted by molar-refractivity contribution is 5.81. The smallest absolute Gasteiger partial charge is 0.239 e. The average Bonchev–Trinajstić information content (AvgIpc) is 2.72. The van der Waals surface area contributed by atoms with E-state index in [2.05, 4.69) is 5.32 Å². The largest absolute Gasteiger partial charge is 0.380 e. The van der Waals surface area contributed by atoms with Crippen LogP contribution in [0.3, 0.4) is 0 Å². The quantitative estimate of drug-likeness (QED) is 0.729. The van der Waals surface area contributed by atoms with Crippen LogP contribution in [-0.4, -0.2) is 49.2 Å². The van der Waals surface area contributed by atoms with E-state index in [0.717, 1.165) is 32.7 Å². The van der Waals surface area contributed by atoms with Gasteiger partial charge in [-0.25, -0.2) is 0 Å². The summed E-state index contributed by atoms with van der Waals surface area (Å²) in [7, 11) is 0. The maximum atomic E-state index is 11.9. The van der Waals surface area contributed by atoms with E-state index in [1.165, 1.54) is 0 Å². The summed E-state index contributed by atoms with van der Waals surface area (Å²) < 4.78 is 5.26. The molecule has 0 bridgehead atoms. The molecule has 1 fully saturated rings. The van der Waals surface area contributed by atoms with E-state index < -0.39 is 0 Å². The molecule has 1 saturated heterocycles. The molecule has 1 amide bonds. The number of carbonyl (C=O) groups excluding carboxylic acids is 1. The Balaban J connectivity index is 2.37. The molecule has 2 unspecified atom stereocenters. The van der Waals surface area contributed by atoms with Crippen LogP contribution in [0.15, 0.2) is 0 Å². The second kappa shape index (κ2) is 6.08. The van der Waals surface area contributed by atoms with Gasteiger partial charge in [-0.2, -0.15) is 0 Å². The molecule has 0 aliphatic carbocycles. The highest BCUT2D eigenvalue weighted by atomic mass is 16.5. The van der Waals surface area contributed by atoms with Gasteiger partial charge < -0.3 is 15.0 Å². The van der Waals surface area contributed by atoms with Gasteiger partial charge in [0, 0.05) is 25.7 Å². The molecule has 1 aliphatic heterocycles. The Labute approximate surface area is 92.0 Å². The van der Waals surface area contributed by atoms with Gasteiger partial charge in [0.05, 0.1) is 12.6 Å². The number of hydrogen-bond acceptors (Lipinski definition) is 3. The highest BCUT2D eigenvalue weighted by Gasteiger charge is 2.23. The monoisotopic (exact) mass is 214 g/mol. The minimum atomic E-state index is -0.100. The Morgan fingerprint density at radius 3 is 2.67 bits per heavy atom. The van der Waals surface area contributed by atoms with Gasteiger partial charge in [0.2, 0.25) is 5.91 Å². The van der Waals surface area contributed by atoms with E-state index in [-0.39, 0.29) is 11.9 Å². The van der Waals surface area contributed by atoms with Crippen molar-refractivity contribution in [2.24, 2.45) is 0 Å². The molecular weight excluding hydrogens is 192 g/mol. The summed E-state index contributed by atoms with van der Waals surface area (Å²) in [6, 6.07) is 0.246. The summed E-state index contributed by atoms with van der Waals surface area (Å²) >= 11 is 0. The van der Waals surface area contributed by atoms with E-state index in [1.807, 2.05) is 25.7 Å². The lowest BCUT2D eigenvalue weighted by Crippen LogP contribution is -2.48. The molecule has 0 saturated carbocycles. The Bertz CT molecular complexity index is 199. The van der Waals surface area contributed by atoms with Crippen molar-refractivity contribution in [2.75, 3.05) is 26.3 Å². The zero-order valence-corrected chi connectivity index (χ0v) is 9.95. The van der Waals surface area contributed by atoms with Crippen LogP contribution in [0.25, 0.3) is 0 Å². The minimum Gasteiger partial charge on any atom is -0.380 e. The van der Waals surface area contributed by atoms with Crippen molar-refractivity contribution in [2.45, 2.75) is 39.3 Å². The molecular formula is C11H22N2O2. The SMILES string of the molecule is CCN(CC)C(=O)C(C)NC1CCOC1. The van der Waals surface area contributed by atoms with Gasteiger partial charge in [0.1, 0.15) is 0 Å². The maximum absolute atomic E-state index is 11.9. The number of hydrogen-bond donors (Lipinski definition) is 1. The number of ether oxygens (including phenoxy) is 1. The zero-order valence-electron chi connectivity index (χ0n) is 9.95. The third kappa shape index (κ3) is 3.47. The average molecular weight is 214 g/mol. The Morgan fingerprint density at radius 1 is 1.53 bits per heavy atom. The minimum absolute atomic E-state index is 0.100. The van der Waals surface area contributed by atoms with Gasteiger partial charge in [0.25, 0.3) is 0 Å². The summed E-state index contributed by atoms with van der Waals surface area (Å²) in [4.78, 5) is 13.8. The van der Waals surface area contributed by atoms with Crippen LogP contribution >= 0.6 is 0 Å². The number of carbonyl (C=O) groups is 1.